The van der Waals surface area contributed by atoms with Crippen molar-refractivity contribution in [1.82, 2.24) is 0 Å². The van der Waals surface area contributed by atoms with Gasteiger partial charge in [-0.05, 0) is 32.9 Å². The number of esters is 1. The summed E-state index contributed by atoms with van der Waals surface area (Å²) in [5, 5.41) is 9.64. The largest absolute Gasteiger partial charge is 0.479 e. The Morgan fingerprint density at radius 2 is 2.00 bits per heavy atom. The zero-order valence-corrected chi connectivity index (χ0v) is 10.6. The van der Waals surface area contributed by atoms with Gasteiger partial charge in [0.05, 0.1) is 13.2 Å². The second kappa shape index (κ2) is 5.68. The van der Waals surface area contributed by atoms with Gasteiger partial charge >= 0.3 is 5.97 Å². The van der Waals surface area contributed by atoms with Crippen molar-refractivity contribution in [1.29, 1.82) is 0 Å². The fourth-order valence-corrected chi connectivity index (χ4v) is 1.51. The molecule has 0 radical (unpaired) electrons. The highest BCUT2D eigenvalue weighted by Crippen LogP contribution is 2.27. The fourth-order valence-electron chi connectivity index (χ4n) is 1.51. The van der Waals surface area contributed by atoms with Gasteiger partial charge in [-0.3, -0.25) is 0 Å². The van der Waals surface area contributed by atoms with Gasteiger partial charge in [-0.1, -0.05) is 11.6 Å². The molecule has 17 heavy (non-hydrogen) atoms. The van der Waals surface area contributed by atoms with Gasteiger partial charge in [0.2, 0.25) is 0 Å². The van der Waals surface area contributed by atoms with Crippen LogP contribution in [-0.2, 0) is 9.53 Å². The summed E-state index contributed by atoms with van der Waals surface area (Å²) in [6.45, 7) is 5.20. The molecular weight excluding hydrogens is 220 g/mol. The molecule has 0 fully saturated rings. The number of hydrogen-bond donors (Lipinski definition) is 1. The average molecular weight is 238 g/mol. The first-order valence-corrected chi connectivity index (χ1v) is 5.48. The van der Waals surface area contributed by atoms with Crippen LogP contribution >= 0.6 is 0 Å². The molecule has 1 N–H and O–H groups in total. The van der Waals surface area contributed by atoms with Gasteiger partial charge in [0.1, 0.15) is 5.75 Å². The van der Waals surface area contributed by atoms with Crippen molar-refractivity contribution in [2.24, 2.45) is 0 Å². The van der Waals surface area contributed by atoms with Crippen LogP contribution in [-0.4, -0.2) is 24.3 Å². The van der Waals surface area contributed by atoms with Crippen molar-refractivity contribution in [2.45, 2.75) is 33.0 Å². The molecule has 0 heterocycles. The summed E-state index contributed by atoms with van der Waals surface area (Å²) in [5.74, 6) is 0.0608. The molecule has 0 aliphatic rings. The van der Waals surface area contributed by atoms with Crippen LogP contribution in [0.25, 0.3) is 0 Å². The minimum atomic E-state index is -0.694. The fraction of sp³-hybridized carbons (Fsp3) is 0.462. The van der Waals surface area contributed by atoms with E-state index in [1.54, 1.807) is 19.9 Å². The highest BCUT2D eigenvalue weighted by molar-refractivity contribution is 5.74. The van der Waals surface area contributed by atoms with Crippen LogP contribution in [0.3, 0.4) is 0 Å². The van der Waals surface area contributed by atoms with Crippen LogP contribution in [0.5, 0.6) is 5.75 Å². The molecule has 94 valence electrons. The van der Waals surface area contributed by atoms with E-state index in [1.807, 2.05) is 19.1 Å². The van der Waals surface area contributed by atoms with E-state index >= 15 is 0 Å². The molecule has 0 aromatic heterocycles. The van der Waals surface area contributed by atoms with Crippen LogP contribution < -0.4 is 4.74 Å². The minimum Gasteiger partial charge on any atom is -0.479 e. The molecule has 2 atom stereocenters. The third-order valence-corrected chi connectivity index (χ3v) is 2.45. The van der Waals surface area contributed by atoms with Crippen LogP contribution in [0.4, 0.5) is 0 Å². The summed E-state index contributed by atoms with van der Waals surface area (Å²) < 4.78 is 10.1. The minimum absolute atomic E-state index is 0.442. The first-order valence-electron chi connectivity index (χ1n) is 5.48. The van der Waals surface area contributed by atoms with E-state index in [9.17, 15) is 9.90 Å². The molecule has 0 aliphatic heterocycles. The Morgan fingerprint density at radius 1 is 1.35 bits per heavy atom. The van der Waals surface area contributed by atoms with Gasteiger partial charge in [0.15, 0.2) is 6.10 Å². The van der Waals surface area contributed by atoms with Crippen molar-refractivity contribution in [2.75, 3.05) is 7.11 Å². The molecule has 0 saturated carbocycles. The molecule has 0 saturated heterocycles. The molecule has 1 rings (SSSR count). The Kier molecular flexibility index (Phi) is 4.52. The van der Waals surface area contributed by atoms with E-state index in [2.05, 4.69) is 4.74 Å². The number of ether oxygens (including phenoxy) is 2. The number of aliphatic hydroxyl groups is 1. The van der Waals surface area contributed by atoms with E-state index in [0.29, 0.717) is 11.3 Å². The number of aryl methyl sites for hydroxylation is 1. The lowest BCUT2D eigenvalue weighted by Crippen LogP contribution is -2.25. The van der Waals surface area contributed by atoms with E-state index in [4.69, 9.17) is 4.74 Å². The molecular formula is C13H18O4. The normalized spacial score (nSPS) is 13.9. The summed E-state index contributed by atoms with van der Waals surface area (Å²) >= 11 is 0. The monoisotopic (exact) mass is 238 g/mol. The molecule has 1 aromatic carbocycles. The van der Waals surface area contributed by atoms with Gasteiger partial charge in [0, 0.05) is 5.56 Å². The number of aliphatic hydroxyl groups excluding tert-OH is 1. The molecule has 4 heteroatoms. The second-order valence-electron chi connectivity index (χ2n) is 4.00. The smallest absolute Gasteiger partial charge is 0.346 e. The Bertz CT molecular complexity index is 398. The molecule has 0 aliphatic carbocycles. The number of benzene rings is 1. The Hall–Kier alpha value is -1.55. The third-order valence-electron chi connectivity index (χ3n) is 2.45. The van der Waals surface area contributed by atoms with Crippen LogP contribution in [0, 0.1) is 6.92 Å². The maximum atomic E-state index is 11.3. The van der Waals surface area contributed by atoms with Gasteiger partial charge in [0.25, 0.3) is 0 Å². The summed E-state index contributed by atoms with van der Waals surface area (Å²) in [6.07, 6.45) is -1.34. The number of carbonyl (C=O) groups excluding carboxylic acids is 1. The first kappa shape index (κ1) is 13.5. The Morgan fingerprint density at radius 3 is 2.53 bits per heavy atom. The predicted octanol–water partition coefficient (Wildman–Crippen LogP) is 1.99. The van der Waals surface area contributed by atoms with E-state index < -0.39 is 18.2 Å². The molecule has 1 unspecified atom stereocenters. The van der Waals surface area contributed by atoms with Gasteiger partial charge < -0.3 is 14.6 Å². The third kappa shape index (κ3) is 3.46. The van der Waals surface area contributed by atoms with Crippen molar-refractivity contribution < 1.29 is 19.4 Å². The lowest BCUT2D eigenvalue weighted by molar-refractivity contribution is -0.147. The predicted molar refractivity (Wildman–Crippen MR) is 63.9 cm³/mol. The van der Waals surface area contributed by atoms with Gasteiger partial charge in [-0.2, -0.15) is 0 Å². The molecule has 0 spiro atoms. The molecule has 0 amide bonds. The number of hydrogen-bond acceptors (Lipinski definition) is 4. The van der Waals surface area contributed by atoms with E-state index in [1.165, 1.54) is 7.11 Å². The maximum absolute atomic E-state index is 11.3. The number of methoxy groups -OCH3 is 1. The van der Waals surface area contributed by atoms with E-state index in [-0.39, 0.29) is 0 Å². The average Bonchev–Trinajstić information content (AvgIpc) is 2.29. The van der Waals surface area contributed by atoms with Crippen LogP contribution in [0.2, 0.25) is 0 Å². The van der Waals surface area contributed by atoms with Crippen molar-refractivity contribution >= 4 is 5.97 Å². The van der Waals surface area contributed by atoms with E-state index in [0.717, 1.165) is 5.56 Å². The number of rotatable bonds is 4. The Labute approximate surface area is 101 Å². The molecule has 0 bridgehead atoms. The zero-order chi connectivity index (χ0) is 13.0. The summed E-state index contributed by atoms with van der Waals surface area (Å²) in [4.78, 5) is 11.3. The highest BCUT2D eigenvalue weighted by atomic mass is 16.6. The van der Waals surface area contributed by atoms with Crippen LogP contribution in [0.1, 0.15) is 31.1 Å². The first-order chi connectivity index (χ1) is 7.95. The van der Waals surface area contributed by atoms with Crippen molar-refractivity contribution in [3.05, 3.63) is 29.3 Å². The highest BCUT2D eigenvalue weighted by Gasteiger charge is 2.18. The molecule has 1 aromatic rings. The van der Waals surface area contributed by atoms with Crippen LogP contribution in [0.15, 0.2) is 18.2 Å². The summed E-state index contributed by atoms with van der Waals surface area (Å²) in [7, 11) is 1.31. The number of carbonyl (C=O) groups is 1. The SMILES string of the molecule is COC(=O)C(C)Oc1ccc(C)cc1[C@@H](C)O. The zero-order valence-electron chi connectivity index (χ0n) is 10.6. The lowest BCUT2D eigenvalue weighted by Gasteiger charge is -2.17. The van der Waals surface area contributed by atoms with Crippen molar-refractivity contribution in [3.8, 4) is 5.75 Å². The standard InChI is InChI=1S/C13H18O4/c1-8-5-6-12(11(7-8)9(2)14)17-10(3)13(15)16-4/h5-7,9-10,14H,1-4H3/t9-,10?/m1/s1. The van der Waals surface area contributed by atoms with Crippen molar-refractivity contribution in [3.63, 3.8) is 0 Å². The van der Waals surface area contributed by atoms with Gasteiger partial charge in [-0.15, -0.1) is 0 Å². The summed E-state index contributed by atoms with van der Waals surface area (Å²) in [6, 6.07) is 5.45. The van der Waals surface area contributed by atoms with Gasteiger partial charge in [-0.25, -0.2) is 4.79 Å². The quantitative estimate of drug-likeness (QED) is 0.815. The topological polar surface area (TPSA) is 55.8 Å². The molecule has 4 nitrogen and oxygen atoms in total. The second-order valence-corrected chi connectivity index (χ2v) is 4.00. The summed E-state index contributed by atoms with van der Waals surface area (Å²) in [5.41, 5.74) is 1.69. The maximum Gasteiger partial charge on any atom is 0.346 e. The lowest BCUT2D eigenvalue weighted by atomic mass is 10.1. The Balaban J connectivity index is 2.94.